The van der Waals surface area contributed by atoms with Crippen molar-refractivity contribution in [3.8, 4) is 0 Å². The Bertz CT molecular complexity index is 1590. The maximum Gasteiger partial charge on any atom is 0.326 e. The van der Waals surface area contributed by atoms with Crippen molar-refractivity contribution >= 4 is 40.9 Å². The van der Waals surface area contributed by atoms with E-state index in [4.69, 9.17) is 0 Å². The maximum absolute atomic E-state index is 13.0. The van der Waals surface area contributed by atoms with Gasteiger partial charge in [0.15, 0.2) is 0 Å². The van der Waals surface area contributed by atoms with Crippen LogP contribution >= 0.6 is 0 Å². The Balaban J connectivity index is 1.36. The van der Waals surface area contributed by atoms with Crippen molar-refractivity contribution in [3.63, 3.8) is 0 Å². The normalized spacial score (nSPS) is 11.2. The third-order valence-electron chi connectivity index (χ3n) is 7.12. The third-order valence-corrected chi connectivity index (χ3v) is 7.12. The van der Waals surface area contributed by atoms with Gasteiger partial charge < -0.3 is 20.6 Å². The van der Waals surface area contributed by atoms with Gasteiger partial charge >= 0.3 is 12.0 Å². The summed E-state index contributed by atoms with van der Waals surface area (Å²) in [4.78, 5) is 52.9. The molecule has 0 saturated heterocycles. The predicted molar refractivity (Wildman–Crippen MR) is 168 cm³/mol. The van der Waals surface area contributed by atoms with E-state index >= 15 is 0 Å². The first-order valence-electron chi connectivity index (χ1n) is 13.8. The summed E-state index contributed by atoms with van der Waals surface area (Å²) in [5.41, 5.74) is 4.87. The Hall–Kier alpha value is -5.44. The minimum absolute atomic E-state index is 0.143. The number of carbonyl (C=O) groups excluding carboxylic acids is 3. The Kier molecular flexibility index (Phi) is 9.90. The van der Waals surface area contributed by atoms with Gasteiger partial charge in [0, 0.05) is 36.7 Å². The summed E-state index contributed by atoms with van der Waals surface area (Å²) in [5.74, 6) is -1.56. The fourth-order valence-electron chi connectivity index (χ4n) is 4.59. The van der Waals surface area contributed by atoms with Crippen LogP contribution in [0.3, 0.4) is 0 Å². The fourth-order valence-corrected chi connectivity index (χ4v) is 4.59. The lowest BCUT2D eigenvalue weighted by atomic mass is 10.0. The van der Waals surface area contributed by atoms with Crippen LogP contribution in [0.5, 0.6) is 0 Å². The van der Waals surface area contributed by atoms with E-state index in [1.807, 2.05) is 31.2 Å². The molecule has 0 fully saturated rings. The summed E-state index contributed by atoms with van der Waals surface area (Å²) < 4.78 is 0. The monoisotopic (exact) mass is 578 g/mol. The van der Waals surface area contributed by atoms with Crippen molar-refractivity contribution in [2.75, 3.05) is 29.2 Å². The van der Waals surface area contributed by atoms with Gasteiger partial charge in [-0.05, 0) is 66.1 Å². The lowest BCUT2D eigenvalue weighted by Gasteiger charge is -2.21. The molecule has 0 spiro atoms. The van der Waals surface area contributed by atoms with Crippen molar-refractivity contribution in [2.45, 2.75) is 25.8 Å². The number of aliphatic carboxylic acids is 1. The molecule has 1 unspecified atom stereocenters. The number of benzene rings is 4. The van der Waals surface area contributed by atoms with E-state index in [0.717, 1.165) is 16.8 Å². The smallest absolute Gasteiger partial charge is 0.326 e. The molecule has 9 nitrogen and oxygen atoms in total. The number of carboxylic acids is 1. The molecular weight excluding hydrogens is 544 g/mol. The number of likely N-dealkylation sites (N-methyl/N-ethyl adjacent to an activating group) is 1. The lowest BCUT2D eigenvalue weighted by Crippen LogP contribution is -2.31. The van der Waals surface area contributed by atoms with Crippen LogP contribution in [-0.4, -0.2) is 43.0 Å². The van der Waals surface area contributed by atoms with Gasteiger partial charge in [0.05, 0.1) is 18.9 Å². The first-order chi connectivity index (χ1) is 20.6. The second-order valence-electron chi connectivity index (χ2n) is 10.2. The largest absolute Gasteiger partial charge is 0.481 e. The number of carbonyl (C=O) groups is 4. The van der Waals surface area contributed by atoms with E-state index in [1.54, 1.807) is 97.9 Å². The molecule has 4 aromatic rings. The summed E-state index contributed by atoms with van der Waals surface area (Å²) in [6.45, 7) is 1.94. The molecule has 0 aliphatic rings. The van der Waals surface area contributed by atoms with Gasteiger partial charge in [-0.1, -0.05) is 60.7 Å². The third kappa shape index (κ3) is 8.07. The SMILES string of the molecule is Cc1ccccc1N(C)C(=O)Nc1ccc(CC(=O)N(C)c2ccc(C(CC(=O)O)NC(=O)c3ccccc3)cc2)cc1. The van der Waals surface area contributed by atoms with E-state index < -0.39 is 12.0 Å². The van der Waals surface area contributed by atoms with E-state index in [1.165, 1.54) is 4.90 Å². The van der Waals surface area contributed by atoms with Crippen LogP contribution in [0.4, 0.5) is 21.9 Å². The molecule has 3 N–H and O–H groups in total. The Morgan fingerprint density at radius 2 is 1.40 bits per heavy atom. The van der Waals surface area contributed by atoms with Crippen LogP contribution < -0.4 is 20.4 Å². The van der Waals surface area contributed by atoms with Crippen LogP contribution in [0.15, 0.2) is 103 Å². The number of anilines is 3. The van der Waals surface area contributed by atoms with Gasteiger partial charge in [-0.2, -0.15) is 0 Å². The number of hydrogen-bond donors (Lipinski definition) is 3. The molecule has 0 aliphatic carbocycles. The summed E-state index contributed by atoms with van der Waals surface area (Å²) >= 11 is 0. The van der Waals surface area contributed by atoms with E-state index in [9.17, 15) is 24.3 Å². The second-order valence-corrected chi connectivity index (χ2v) is 10.2. The standard InChI is InChI=1S/C34H34N4O5/c1-23-9-7-8-12-30(23)38(3)34(43)35-27-17-13-24(14-18-27)21-31(39)37(2)28-19-15-25(16-20-28)29(22-32(40)41)36-33(42)26-10-5-4-6-11-26/h4-20,29H,21-22H2,1-3H3,(H,35,43)(H,36,42)(H,40,41). The maximum atomic E-state index is 13.0. The summed E-state index contributed by atoms with van der Waals surface area (Å²) in [6.07, 6.45) is -0.143. The number of nitrogens with one attached hydrogen (secondary N) is 2. The molecule has 4 amide bonds. The first-order valence-corrected chi connectivity index (χ1v) is 13.8. The van der Waals surface area contributed by atoms with E-state index in [2.05, 4.69) is 10.6 Å². The molecule has 9 heteroatoms. The zero-order valence-corrected chi connectivity index (χ0v) is 24.3. The molecule has 0 heterocycles. The molecule has 43 heavy (non-hydrogen) atoms. The summed E-state index contributed by atoms with van der Waals surface area (Å²) in [6, 6.07) is 29.2. The Morgan fingerprint density at radius 3 is 2.02 bits per heavy atom. The highest BCUT2D eigenvalue weighted by atomic mass is 16.4. The molecule has 220 valence electrons. The van der Waals surface area contributed by atoms with Crippen LogP contribution in [0, 0.1) is 6.92 Å². The molecule has 4 rings (SSSR count). The van der Waals surface area contributed by atoms with Gasteiger partial charge in [-0.25, -0.2) is 4.79 Å². The Labute approximate surface area is 250 Å². The van der Waals surface area contributed by atoms with Crippen molar-refractivity contribution < 1.29 is 24.3 Å². The van der Waals surface area contributed by atoms with E-state index in [0.29, 0.717) is 22.5 Å². The number of nitrogens with zero attached hydrogens (tertiary/aromatic N) is 2. The first kappa shape index (κ1) is 30.5. The minimum atomic E-state index is -1.04. The molecule has 1 atom stereocenters. The predicted octanol–water partition coefficient (Wildman–Crippen LogP) is 5.81. The number of para-hydroxylation sites is 1. The number of hydrogen-bond acceptors (Lipinski definition) is 4. The zero-order chi connectivity index (χ0) is 30.9. The van der Waals surface area contributed by atoms with Crippen molar-refractivity contribution in [3.05, 3.63) is 125 Å². The lowest BCUT2D eigenvalue weighted by molar-refractivity contribution is -0.137. The van der Waals surface area contributed by atoms with Crippen molar-refractivity contribution in [2.24, 2.45) is 0 Å². The highest BCUT2D eigenvalue weighted by Gasteiger charge is 2.20. The number of aryl methyl sites for hydroxylation is 1. The zero-order valence-electron chi connectivity index (χ0n) is 24.3. The Morgan fingerprint density at radius 1 is 0.767 bits per heavy atom. The van der Waals surface area contributed by atoms with Crippen LogP contribution in [0.25, 0.3) is 0 Å². The quantitative estimate of drug-likeness (QED) is 0.219. The second kappa shape index (κ2) is 14.0. The van der Waals surface area contributed by atoms with Crippen LogP contribution in [0.2, 0.25) is 0 Å². The number of carboxylic acid groups (broad SMARTS) is 1. The summed E-state index contributed by atoms with van der Waals surface area (Å²) in [7, 11) is 3.37. The molecule has 0 aromatic heterocycles. The molecule has 4 aromatic carbocycles. The van der Waals surface area contributed by atoms with Gasteiger partial charge in [0.25, 0.3) is 5.91 Å². The fraction of sp³-hybridized carbons (Fsp3) is 0.176. The molecule has 0 aliphatic heterocycles. The van der Waals surface area contributed by atoms with Crippen LogP contribution in [0.1, 0.15) is 39.5 Å². The topological polar surface area (TPSA) is 119 Å². The van der Waals surface area contributed by atoms with Gasteiger partial charge in [-0.3, -0.25) is 19.3 Å². The van der Waals surface area contributed by atoms with Gasteiger partial charge in [0.2, 0.25) is 5.91 Å². The highest BCUT2D eigenvalue weighted by Crippen LogP contribution is 2.23. The molecular formula is C34H34N4O5. The molecule has 0 bridgehead atoms. The van der Waals surface area contributed by atoms with Crippen LogP contribution in [-0.2, 0) is 16.0 Å². The van der Waals surface area contributed by atoms with Gasteiger partial charge in [0.1, 0.15) is 0 Å². The number of urea groups is 1. The molecule has 0 saturated carbocycles. The average molecular weight is 579 g/mol. The van der Waals surface area contributed by atoms with E-state index in [-0.39, 0.29) is 30.7 Å². The minimum Gasteiger partial charge on any atom is -0.481 e. The van der Waals surface area contributed by atoms with Gasteiger partial charge in [-0.15, -0.1) is 0 Å². The number of amides is 4. The average Bonchev–Trinajstić information content (AvgIpc) is 3.01. The van der Waals surface area contributed by atoms with Crippen molar-refractivity contribution in [1.29, 1.82) is 0 Å². The van der Waals surface area contributed by atoms with Crippen molar-refractivity contribution in [1.82, 2.24) is 5.32 Å². The number of rotatable bonds is 10. The molecule has 0 radical (unpaired) electrons. The highest BCUT2D eigenvalue weighted by molar-refractivity contribution is 6.02. The summed E-state index contributed by atoms with van der Waals surface area (Å²) in [5, 5.41) is 15.1.